The molecule has 1 aromatic carbocycles. The molecule has 0 radical (unpaired) electrons. The standard InChI is InChI=1S/C25H33NO5/c1-5-7-8-14-31-25(28)22-16(3)26-18-10-9-11-19(27)24(18)23(22)17-12-13-20(30-6-2)21(15-17)29-4/h12-13,15,23,26H,5-11,14H2,1-4H3/t23-/m0/s1. The summed E-state index contributed by atoms with van der Waals surface area (Å²) in [5, 5.41) is 3.32. The second-order valence-electron chi connectivity index (χ2n) is 7.95. The van der Waals surface area contributed by atoms with Crippen LogP contribution in [0.4, 0.5) is 0 Å². The van der Waals surface area contributed by atoms with Crippen molar-refractivity contribution in [3.05, 3.63) is 46.3 Å². The molecule has 1 atom stereocenters. The zero-order chi connectivity index (χ0) is 22.4. The molecule has 31 heavy (non-hydrogen) atoms. The molecule has 0 saturated heterocycles. The number of methoxy groups -OCH3 is 1. The van der Waals surface area contributed by atoms with E-state index in [9.17, 15) is 9.59 Å². The molecular weight excluding hydrogens is 394 g/mol. The maximum absolute atomic E-state index is 13.2. The van der Waals surface area contributed by atoms with Crippen molar-refractivity contribution in [3.63, 3.8) is 0 Å². The predicted octanol–water partition coefficient (Wildman–Crippen LogP) is 4.80. The number of esters is 1. The number of ketones is 1. The number of dihydropyridines is 1. The maximum atomic E-state index is 13.2. The first-order chi connectivity index (χ1) is 15.0. The number of rotatable bonds is 9. The van der Waals surface area contributed by atoms with Gasteiger partial charge < -0.3 is 19.5 Å². The van der Waals surface area contributed by atoms with Crippen LogP contribution in [0.3, 0.4) is 0 Å². The van der Waals surface area contributed by atoms with Gasteiger partial charge in [0.2, 0.25) is 0 Å². The van der Waals surface area contributed by atoms with Gasteiger partial charge in [0, 0.05) is 29.3 Å². The number of nitrogens with one attached hydrogen (secondary N) is 1. The van der Waals surface area contributed by atoms with Crippen molar-refractivity contribution < 1.29 is 23.8 Å². The fraction of sp³-hybridized carbons (Fsp3) is 0.520. The van der Waals surface area contributed by atoms with E-state index in [4.69, 9.17) is 14.2 Å². The minimum Gasteiger partial charge on any atom is -0.493 e. The lowest BCUT2D eigenvalue weighted by Gasteiger charge is -2.34. The highest BCUT2D eigenvalue weighted by Crippen LogP contribution is 2.44. The molecule has 0 amide bonds. The Bertz CT molecular complexity index is 899. The van der Waals surface area contributed by atoms with Crippen LogP contribution in [-0.2, 0) is 14.3 Å². The van der Waals surface area contributed by atoms with Crippen LogP contribution in [0.25, 0.3) is 0 Å². The summed E-state index contributed by atoms with van der Waals surface area (Å²) in [7, 11) is 1.59. The smallest absolute Gasteiger partial charge is 0.336 e. The van der Waals surface area contributed by atoms with E-state index >= 15 is 0 Å². The van der Waals surface area contributed by atoms with E-state index in [1.54, 1.807) is 7.11 Å². The molecule has 6 nitrogen and oxygen atoms in total. The molecule has 1 aliphatic carbocycles. The van der Waals surface area contributed by atoms with Crippen LogP contribution >= 0.6 is 0 Å². The number of hydrogen-bond acceptors (Lipinski definition) is 6. The highest BCUT2D eigenvalue weighted by atomic mass is 16.5. The van der Waals surface area contributed by atoms with E-state index in [1.807, 2.05) is 32.0 Å². The van der Waals surface area contributed by atoms with Crippen molar-refractivity contribution in [1.29, 1.82) is 0 Å². The molecule has 0 aromatic heterocycles. The average molecular weight is 428 g/mol. The van der Waals surface area contributed by atoms with Crippen LogP contribution in [0.2, 0.25) is 0 Å². The van der Waals surface area contributed by atoms with Crippen LogP contribution < -0.4 is 14.8 Å². The van der Waals surface area contributed by atoms with Gasteiger partial charge in [0.15, 0.2) is 17.3 Å². The lowest BCUT2D eigenvalue weighted by atomic mass is 9.75. The SMILES string of the molecule is CCCCCOC(=O)C1=C(C)NC2=C(C(=O)CCC2)[C@H]1c1ccc(OCC)c(OC)c1. The predicted molar refractivity (Wildman–Crippen MR) is 119 cm³/mol. The van der Waals surface area contributed by atoms with Gasteiger partial charge in [0.25, 0.3) is 0 Å². The first-order valence-corrected chi connectivity index (χ1v) is 11.2. The van der Waals surface area contributed by atoms with Gasteiger partial charge in [-0.25, -0.2) is 4.79 Å². The molecule has 1 N–H and O–H groups in total. The van der Waals surface area contributed by atoms with E-state index in [1.165, 1.54) is 0 Å². The van der Waals surface area contributed by atoms with E-state index in [2.05, 4.69) is 12.2 Å². The van der Waals surface area contributed by atoms with Gasteiger partial charge in [-0.1, -0.05) is 25.8 Å². The van der Waals surface area contributed by atoms with E-state index in [0.717, 1.165) is 49.1 Å². The Kier molecular flexibility index (Phi) is 7.77. The van der Waals surface area contributed by atoms with Gasteiger partial charge >= 0.3 is 5.97 Å². The van der Waals surface area contributed by atoms with Gasteiger partial charge in [-0.2, -0.15) is 0 Å². The second-order valence-corrected chi connectivity index (χ2v) is 7.95. The topological polar surface area (TPSA) is 73.9 Å². The molecule has 0 saturated carbocycles. The zero-order valence-corrected chi connectivity index (χ0v) is 19.0. The van der Waals surface area contributed by atoms with Crippen molar-refractivity contribution in [2.75, 3.05) is 20.3 Å². The van der Waals surface area contributed by atoms with Crippen LogP contribution in [0.15, 0.2) is 40.7 Å². The second kappa shape index (κ2) is 10.5. The largest absolute Gasteiger partial charge is 0.493 e. The summed E-state index contributed by atoms with van der Waals surface area (Å²) in [6.07, 6.45) is 4.99. The molecule has 3 rings (SSSR count). The zero-order valence-electron chi connectivity index (χ0n) is 19.0. The van der Waals surface area contributed by atoms with Crippen molar-refractivity contribution >= 4 is 11.8 Å². The van der Waals surface area contributed by atoms with Gasteiger partial charge in [0.05, 0.1) is 25.9 Å². The monoisotopic (exact) mass is 427 g/mol. The van der Waals surface area contributed by atoms with Crippen LogP contribution in [0, 0.1) is 0 Å². The van der Waals surface area contributed by atoms with Crippen molar-refractivity contribution in [1.82, 2.24) is 5.32 Å². The third-order valence-corrected chi connectivity index (χ3v) is 5.80. The fourth-order valence-corrected chi connectivity index (χ4v) is 4.32. The van der Waals surface area contributed by atoms with E-state index in [0.29, 0.717) is 42.3 Å². The lowest BCUT2D eigenvalue weighted by molar-refractivity contribution is -0.139. The molecule has 0 unspecified atom stereocenters. The number of benzene rings is 1. The summed E-state index contributed by atoms with van der Waals surface area (Å²) >= 11 is 0. The molecule has 1 heterocycles. The first-order valence-electron chi connectivity index (χ1n) is 11.2. The van der Waals surface area contributed by atoms with Crippen molar-refractivity contribution in [2.24, 2.45) is 0 Å². The van der Waals surface area contributed by atoms with Crippen LogP contribution in [-0.4, -0.2) is 32.1 Å². The number of carbonyl (C=O) groups excluding carboxylic acids is 2. The number of ether oxygens (including phenoxy) is 3. The Hall–Kier alpha value is -2.76. The van der Waals surface area contributed by atoms with Gasteiger partial charge in [-0.3, -0.25) is 4.79 Å². The Balaban J connectivity index is 2.03. The Labute approximate surface area is 184 Å². The highest BCUT2D eigenvalue weighted by Gasteiger charge is 2.39. The van der Waals surface area contributed by atoms with Gasteiger partial charge in [-0.05, 0) is 50.8 Å². The van der Waals surface area contributed by atoms with E-state index < -0.39 is 5.92 Å². The Morgan fingerprint density at radius 1 is 1.16 bits per heavy atom. The summed E-state index contributed by atoms with van der Waals surface area (Å²) in [5.74, 6) is 0.444. The molecule has 1 aliphatic heterocycles. The normalized spacial score (nSPS) is 18.5. The summed E-state index contributed by atoms with van der Waals surface area (Å²) in [4.78, 5) is 26.1. The average Bonchev–Trinajstić information content (AvgIpc) is 2.76. The maximum Gasteiger partial charge on any atom is 0.336 e. The van der Waals surface area contributed by atoms with E-state index in [-0.39, 0.29) is 11.8 Å². The lowest BCUT2D eigenvalue weighted by Crippen LogP contribution is -2.34. The minimum absolute atomic E-state index is 0.0791. The molecule has 2 aliphatic rings. The molecule has 6 heteroatoms. The van der Waals surface area contributed by atoms with Crippen molar-refractivity contribution in [2.45, 2.75) is 65.2 Å². The first kappa shape index (κ1) is 22.9. The summed E-state index contributed by atoms with van der Waals surface area (Å²) in [5.41, 5.74) is 3.64. The molecule has 1 aromatic rings. The Morgan fingerprint density at radius 2 is 1.97 bits per heavy atom. The quantitative estimate of drug-likeness (QED) is 0.451. The fourth-order valence-electron chi connectivity index (χ4n) is 4.32. The number of unbranched alkanes of at least 4 members (excludes halogenated alkanes) is 2. The van der Waals surface area contributed by atoms with Gasteiger partial charge in [0.1, 0.15) is 0 Å². The number of carbonyl (C=O) groups is 2. The minimum atomic E-state index is -0.479. The van der Waals surface area contributed by atoms with Crippen LogP contribution in [0.1, 0.15) is 70.8 Å². The number of hydrogen-bond donors (Lipinski definition) is 1. The molecule has 0 bridgehead atoms. The molecule has 168 valence electrons. The highest BCUT2D eigenvalue weighted by molar-refractivity contribution is 6.03. The third-order valence-electron chi connectivity index (χ3n) is 5.80. The third kappa shape index (κ3) is 4.94. The summed E-state index contributed by atoms with van der Waals surface area (Å²) in [6, 6.07) is 5.62. The number of allylic oxidation sites excluding steroid dienone is 3. The molecular formula is C25H33NO5. The van der Waals surface area contributed by atoms with Crippen molar-refractivity contribution in [3.8, 4) is 11.5 Å². The Morgan fingerprint density at radius 3 is 2.68 bits per heavy atom. The molecule has 0 fully saturated rings. The summed E-state index contributed by atoms with van der Waals surface area (Å²) < 4.78 is 16.8. The van der Waals surface area contributed by atoms with Gasteiger partial charge in [-0.15, -0.1) is 0 Å². The molecule has 0 spiro atoms. The van der Waals surface area contributed by atoms with Crippen LogP contribution in [0.5, 0.6) is 11.5 Å². The number of Topliss-reactive ketones (excluding diaryl/α,β-unsaturated/α-hetero) is 1. The summed E-state index contributed by atoms with van der Waals surface area (Å²) in [6.45, 7) is 6.80.